The molecule has 0 fully saturated rings. The van der Waals surface area contributed by atoms with E-state index < -0.39 is 0 Å². The van der Waals surface area contributed by atoms with Gasteiger partial charge in [-0.1, -0.05) is 6.07 Å². The van der Waals surface area contributed by atoms with Gasteiger partial charge in [0.25, 0.3) is 0 Å². The number of nitrogens with zero attached hydrogens (tertiary/aromatic N) is 1. The summed E-state index contributed by atoms with van der Waals surface area (Å²) in [7, 11) is 3.92. The molecule has 1 aromatic carbocycles. The number of thioether (sulfide) groups is 1. The number of nitrogens with one attached hydrogen (secondary N) is 2. The Kier molecular flexibility index (Phi) is 4.94. The first-order chi connectivity index (χ1) is 9.58. The Morgan fingerprint density at radius 1 is 1.50 bits per heavy atom. The highest BCUT2D eigenvalue weighted by Crippen LogP contribution is 2.34. The molecule has 1 aromatic rings. The normalized spacial score (nSPS) is 18.6. The Labute approximate surface area is 125 Å². The lowest BCUT2D eigenvalue weighted by atomic mass is 10.1. The van der Waals surface area contributed by atoms with Crippen molar-refractivity contribution in [3.63, 3.8) is 0 Å². The van der Waals surface area contributed by atoms with Crippen LogP contribution in [0.2, 0.25) is 0 Å². The molecule has 4 nitrogen and oxygen atoms in total. The number of rotatable bonds is 6. The lowest BCUT2D eigenvalue weighted by Crippen LogP contribution is -2.29. The van der Waals surface area contributed by atoms with Gasteiger partial charge >= 0.3 is 0 Å². The SMILES string of the molecule is CNC1C(=O)Nc2cc(N(C)C(C)CCSC)ccc21. The first-order valence-corrected chi connectivity index (χ1v) is 8.31. The van der Waals surface area contributed by atoms with Crippen LogP contribution in [-0.2, 0) is 4.79 Å². The molecule has 20 heavy (non-hydrogen) atoms. The van der Waals surface area contributed by atoms with Gasteiger partial charge in [-0.3, -0.25) is 4.79 Å². The molecule has 0 saturated heterocycles. The van der Waals surface area contributed by atoms with Crippen molar-refractivity contribution in [2.24, 2.45) is 0 Å². The summed E-state index contributed by atoms with van der Waals surface area (Å²) >= 11 is 1.87. The lowest BCUT2D eigenvalue weighted by molar-refractivity contribution is -0.117. The molecule has 0 spiro atoms. The maximum absolute atomic E-state index is 11.8. The average Bonchev–Trinajstić information content (AvgIpc) is 2.77. The molecule has 1 aliphatic rings. The van der Waals surface area contributed by atoms with Gasteiger partial charge in [0.15, 0.2) is 0 Å². The van der Waals surface area contributed by atoms with E-state index >= 15 is 0 Å². The average molecular weight is 293 g/mol. The maximum atomic E-state index is 11.8. The molecule has 5 heteroatoms. The molecule has 0 radical (unpaired) electrons. The van der Waals surface area contributed by atoms with Crippen molar-refractivity contribution in [1.29, 1.82) is 0 Å². The number of likely N-dealkylation sites (N-methyl/N-ethyl adjacent to an activating group) is 1. The predicted octanol–water partition coefficient (Wildman–Crippen LogP) is 2.48. The smallest absolute Gasteiger partial charge is 0.246 e. The topological polar surface area (TPSA) is 44.4 Å². The Hall–Kier alpha value is -1.20. The third-order valence-corrected chi connectivity index (χ3v) is 4.61. The number of amides is 1. The molecule has 2 rings (SSSR count). The third kappa shape index (κ3) is 2.94. The van der Waals surface area contributed by atoms with Crippen LogP contribution in [0.15, 0.2) is 18.2 Å². The summed E-state index contributed by atoms with van der Waals surface area (Å²) in [5.74, 6) is 1.19. The van der Waals surface area contributed by atoms with Crippen LogP contribution >= 0.6 is 11.8 Å². The van der Waals surface area contributed by atoms with Crippen molar-refractivity contribution in [1.82, 2.24) is 5.32 Å². The van der Waals surface area contributed by atoms with E-state index in [2.05, 4.69) is 47.9 Å². The molecule has 1 aliphatic heterocycles. The molecule has 0 saturated carbocycles. The summed E-state index contributed by atoms with van der Waals surface area (Å²) < 4.78 is 0. The lowest BCUT2D eigenvalue weighted by Gasteiger charge is -2.27. The molecule has 2 N–H and O–H groups in total. The van der Waals surface area contributed by atoms with E-state index in [0.29, 0.717) is 6.04 Å². The first kappa shape index (κ1) is 15.2. The standard InChI is InChI=1S/C15H23N3OS/c1-10(7-8-20-4)18(3)11-5-6-12-13(9-11)17-15(19)14(12)16-2/h5-6,9-10,14,16H,7-8H2,1-4H3,(H,17,19). The number of carbonyl (C=O) groups excluding carboxylic acids is 1. The zero-order valence-electron chi connectivity index (χ0n) is 12.6. The highest BCUT2D eigenvalue weighted by Gasteiger charge is 2.29. The monoisotopic (exact) mass is 293 g/mol. The van der Waals surface area contributed by atoms with Crippen molar-refractivity contribution in [2.75, 3.05) is 36.3 Å². The van der Waals surface area contributed by atoms with Gasteiger partial charge in [0, 0.05) is 30.0 Å². The number of benzene rings is 1. The second kappa shape index (κ2) is 6.50. The third-order valence-electron chi connectivity index (χ3n) is 3.96. The number of hydrogen-bond acceptors (Lipinski definition) is 4. The van der Waals surface area contributed by atoms with E-state index in [4.69, 9.17) is 0 Å². The summed E-state index contributed by atoms with van der Waals surface area (Å²) in [6.07, 6.45) is 3.29. The molecule has 1 heterocycles. The Morgan fingerprint density at radius 3 is 2.90 bits per heavy atom. The molecular weight excluding hydrogens is 270 g/mol. The van der Waals surface area contributed by atoms with Gasteiger partial charge in [0.05, 0.1) is 0 Å². The van der Waals surface area contributed by atoms with Crippen molar-refractivity contribution in [3.05, 3.63) is 23.8 Å². The van der Waals surface area contributed by atoms with E-state index in [1.807, 2.05) is 24.9 Å². The van der Waals surface area contributed by atoms with Gasteiger partial charge in [0.1, 0.15) is 6.04 Å². The van der Waals surface area contributed by atoms with Crippen molar-refractivity contribution in [2.45, 2.75) is 25.4 Å². The van der Waals surface area contributed by atoms with Gasteiger partial charge in [-0.05, 0) is 44.5 Å². The Bertz CT molecular complexity index is 492. The molecule has 110 valence electrons. The summed E-state index contributed by atoms with van der Waals surface area (Å²) in [5, 5.41) is 5.98. The highest BCUT2D eigenvalue weighted by molar-refractivity contribution is 7.98. The fraction of sp³-hybridized carbons (Fsp3) is 0.533. The highest BCUT2D eigenvalue weighted by atomic mass is 32.2. The number of hydrogen-bond donors (Lipinski definition) is 2. The summed E-state index contributed by atoms with van der Waals surface area (Å²) in [6, 6.07) is 6.47. The van der Waals surface area contributed by atoms with Crippen LogP contribution in [-0.4, -0.2) is 38.1 Å². The number of anilines is 2. The van der Waals surface area contributed by atoms with Crippen LogP contribution < -0.4 is 15.5 Å². The van der Waals surface area contributed by atoms with Crippen LogP contribution in [0.4, 0.5) is 11.4 Å². The van der Waals surface area contributed by atoms with Crippen LogP contribution in [0.3, 0.4) is 0 Å². The van der Waals surface area contributed by atoms with Crippen molar-refractivity contribution >= 4 is 29.0 Å². The quantitative estimate of drug-likeness (QED) is 0.846. The van der Waals surface area contributed by atoms with Crippen LogP contribution in [0.25, 0.3) is 0 Å². The number of fused-ring (bicyclic) bond motifs is 1. The zero-order valence-corrected chi connectivity index (χ0v) is 13.4. The fourth-order valence-electron chi connectivity index (χ4n) is 2.49. The molecular formula is C15H23N3OS. The van der Waals surface area contributed by atoms with E-state index in [9.17, 15) is 4.79 Å². The minimum atomic E-state index is -0.224. The molecule has 2 unspecified atom stereocenters. The minimum Gasteiger partial charge on any atom is -0.372 e. The first-order valence-electron chi connectivity index (χ1n) is 6.92. The van der Waals surface area contributed by atoms with Crippen LogP contribution in [0.5, 0.6) is 0 Å². The van der Waals surface area contributed by atoms with Crippen LogP contribution in [0, 0.1) is 0 Å². The molecule has 2 atom stereocenters. The van der Waals surface area contributed by atoms with Gasteiger partial charge in [-0.15, -0.1) is 0 Å². The molecule has 0 bridgehead atoms. The number of carbonyl (C=O) groups is 1. The maximum Gasteiger partial charge on any atom is 0.246 e. The second-order valence-electron chi connectivity index (χ2n) is 5.22. The molecule has 0 aromatic heterocycles. The summed E-state index contributed by atoms with van der Waals surface area (Å²) in [5.41, 5.74) is 3.11. The van der Waals surface area contributed by atoms with Gasteiger partial charge in [0.2, 0.25) is 5.91 Å². The van der Waals surface area contributed by atoms with E-state index in [1.165, 1.54) is 0 Å². The van der Waals surface area contributed by atoms with E-state index in [1.54, 1.807) is 0 Å². The van der Waals surface area contributed by atoms with Crippen molar-refractivity contribution < 1.29 is 4.79 Å². The van der Waals surface area contributed by atoms with Gasteiger partial charge < -0.3 is 15.5 Å². The van der Waals surface area contributed by atoms with Crippen molar-refractivity contribution in [3.8, 4) is 0 Å². The van der Waals surface area contributed by atoms with E-state index in [0.717, 1.165) is 29.1 Å². The fourth-order valence-corrected chi connectivity index (χ4v) is 3.07. The van der Waals surface area contributed by atoms with Gasteiger partial charge in [-0.2, -0.15) is 11.8 Å². The minimum absolute atomic E-state index is 0.0257. The summed E-state index contributed by atoms with van der Waals surface area (Å²) in [6.45, 7) is 2.23. The Morgan fingerprint density at radius 2 is 2.25 bits per heavy atom. The molecule has 1 amide bonds. The largest absolute Gasteiger partial charge is 0.372 e. The zero-order chi connectivity index (χ0) is 14.7. The molecule has 0 aliphatic carbocycles. The van der Waals surface area contributed by atoms with E-state index in [-0.39, 0.29) is 11.9 Å². The Balaban J connectivity index is 2.16. The summed E-state index contributed by atoms with van der Waals surface area (Å²) in [4.78, 5) is 14.1. The van der Waals surface area contributed by atoms with Crippen LogP contribution in [0.1, 0.15) is 24.9 Å². The second-order valence-corrected chi connectivity index (χ2v) is 6.21. The van der Waals surface area contributed by atoms with Gasteiger partial charge in [-0.25, -0.2) is 0 Å². The predicted molar refractivity (Wildman–Crippen MR) is 87.7 cm³/mol.